The van der Waals surface area contributed by atoms with Crippen LogP contribution < -0.4 is 15.4 Å². The Kier molecular flexibility index (Phi) is 10.5. The Labute approximate surface area is 189 Å². The van der Waals surface area contributed by atoms with Crippen LogP contribution in [0, 0.1) is 6.92 Å². The van der Waals surface area contributed by atoms with Crippen LogP contribution >= 0.6 is 12.2 Å². The van der Waals surface area contributed by atoms with Gasteiger partial charge in [-0.3, -0.25) is 4.79 Å². The molecule has 2 aromatic rings. The lowest BCUT2D eigenvalue weighted by atomic mass is 10.2. The molecule has 0 saturated heterocycles. The van der Waals surface area contributed by atoms with Gasteiger partial charge in [-0.05, 0) is 68.4 Å². The van der Waals surface area contributed by atoms with E-state index in [0.29, 0.717) is 37.3 Å². The second kappa shape index (κ2) is 13.4. The van der Waals surface area contributed by atoms with Crippen LogP contribution in [-0.4, -0.2) is 30.2 Å². The second-order valence-corrected chi connectivity index (χ2v) is 7.60. The molecule has 0 aliphatic rings. The highest BCUT2D eigenvalue weighted by Crippen LogP contribution is 2.12. The molecular weight excluding hydrogens is 412 g/mol. The van der Waals surface area contributed by atoms with Crippen LogP contribution in [0.15, 0.2) is 48.5 Å². The molecule has 1 amide bonds. The molecule has 6 nitrogen and oxygen atoms in total. The lowest BCUT2D eigenvalue weighted by Gasteiger charge is -2.11. The average molecular weight is 443 g/mol. The summed E-state index contributed by atoms with van der Waals surface area (Å²) in [5.74, 6) is 0.264. The number of amides is 1. The summed E-state index contributed by atoms with van der Waals surface area (Å²) in [4.78, 5) is 24.0. The monoisotopic (exact) mass is 442 g/mol. The molecule has 0 atom stereocenters. The van der Waals surface area contributed by atoms with Crippen molar-refractivity contribution in [2.45, 2.75) is 46.0 Å². The third kappa shape index (κ3) is 9.61. The van der Waals surface area contributed by atoms with E-state index in [4.69, 9.17) is 21.7 Å². The maximum atomic E-state index is 12.0. The van der Waals surface area contributed by atoms with Gasteiger partial charge in [0, 0.05) is 12.1 Å². The van der Waals surface area contributed by atoms with Gasteiger partial charge in [-0.2, -0.15) is 0 Å². The molecule has 0 saturated carbocycles. The van der Waals surface area contributed by atoms with E-state index in [1.165, 1.54) is 5.56 Å². The Morgan fingerprint density at radius 1 is 0.935 bits per heavy atom. The smallest absolute Gasteiger partial charge is 0.338 e. The van der Waals surface area contributed by atoms with Crippen LogP contribution in [-0.2, 0) is 9.53 Å². The van der Waals surface area contributed by atoms with Crippen molar-refractivity contribution < 1.29 is 19.1 Å². The molecule has 2 rings (SSSR count). The Balaban J connectivity index is 1.66. The van der Waals surface area contributed by atoms with Crippen molar-refractivity contribution in [2.75, 3.05) is 18.5 Å². The highest BCUT2D eigenvalue weighted by Gasteiger charge is 2.08. The average Bonchev–Trinajstić information content (AvgIpc) is 2.76. The number of esters is 1. The first-order valence-electron chi connectivity index (χ1n) is 10.6. The van der Waals surface area contributed by atoms with Crippen molar-refractivity contribution in [3.8, 4) is 5.75 Å². The van der Waals surface area contributed by atoms with Crippen molar-refractivity contribution in [1.29, 1.82) is 0 Å². The zero-order chi connectivity index (χ0) is 22.5. The quantitative estimate of drug-likeness (QED) is 0.289. The number of benzene rings is 2. The summed E-state index contributed by atoms with van der Waals surface area (Å²) in [5.41, 5.74) is 2.32. The molecular formula is C24H30N2O4S. The minimum absolute atomic E-state index is 0.183. The number of hydrogen-bond donors (Lipinski definition) is 2. The van der Waals surface area contributed by atoms with Gasteiger partial charge in [0.25, 0.3) is 0 Å². The lowest BCUT2D eigenvalue weighted by molar-refractivity contribution is -0.119. The van der Waals surface area contributed by atoms with Crippen LogP contribution in [0.25, 0.3) is 0 Å². The Hall–Kier alpha value is -2.93. The van der Waals surface area contributed by atoms with E-state index >= 15 is 0 Å². The molecule has 31 heavy (non-hydrogen) atoms. The number of carbonyl (C=O) groups is 2. The number of thiocarbonyl (C=S) groups is 1. The minimum Gasteiger partial charge on any atom is -0.494 e. The molecule has 0 aliphatic heterocycles. The molecule has 7 heteroatoms. The fourth-order valence-electron chi connectivity index (χ4n) is 2.70. The van der Waals surface area contributed by atoms with Gasteiger partial charge < -0.3 is 20.1 Å². The fraction of sp³-hybridized carbons (Fsp3) is 0.375. The maximum Gasteiger partial charge on any atom is 0.338 e. The predicted octanol–water partition coefficient (Wildman–Crippen LogP) is 5.01. The predicted molar refractivity (Wildman–Crippen MR) is 127 cm³/mol. The zero-order valence-electron chi connectivity index (χ0n) is 18.1. The third-order valence-electron chi connectivity index (χ3n) is 4.45. The molecule has 2 N–H and O–H groups in total. The van der Waals surface area contributed by atoms with E-state index in [1.807, 2.05) is 31.2 Å². The van der Waals surface area contributed by atoms with Gasteiger partial charge in [-0.15, -0.1) is 0 Å². The lowest BCUT2D eigenvalue weighted by Crippen LogP contribution is -2.34. The molecule has 0 aliphatic carbocycles. The summed E-state index contributed by atoms with van der Waals surface area (Å²) in [5, 5.41) is 5.79. The van der Waals surface area contributed by atoms with Crippen LogP contribution in [0.3, 0.4) is 0 Å². The third-order valence-corrected chi connectivity index (χ3v) is 4.65. The number of rotatable bonds is 11. The molecule has 0 fully saturated rings. The van der Waals surface area contributed by atoms with Gasteiger partial charge in [-0.25, -0.2) is 4.79 Å². The standard InChI is InChI=1S/C24H30N2O4S/c1-3-4-5-16-30-23(28)19-10-12-20(13-11-19)25-24(31)26-22(27)7-6-17-29-21-14-8-18(2)9-15-21/h8-15H,3-7,16-17H2,1-2H3,(H2,25,26,27,31). The van der Waals surface area contributed by atoms with E-state index < -0.39 is 0 Å². The largest absolute Gasteiger partial charge is 0.494 e. The van der Waals surface area contributed by atoms with Crippen LogP contribution in [0.4, 0.5) is 5.69 Å². The van der Waals surface area contributed by atoms with Crippen molar-refractivity contribution in [2.24, 2.45) is 0 Å². The number of ether oxygens (including phenoxy) is 2. The summed E-state index contributed by atoms with van der Waals surface area (Å²) >= 11 is 5.18. The van der Waals surface area contributed by atoms with Crippen LogP contribution in [0.1, 0.15) is 54.9 Å². The van der Waals surface area contributed by atoms with Gasteiger partial charge in [0.15, 0.2) is 5.11 Å². The van der Waals surface area contributed by atoms with Crippen molar-refractivity contribution in [1.82, 2.24) is 5.32 Å². The highest BCUT2D eigenvalue weighted by molar-refractivity contribution is 7.80. The molecule has 0 radical (unpaired) electrons. The van der Waals surface area contributed by atoms with Crippen LogP contribution in [0.5, 0.6) is 5.75 Å². The first-order chi connectivity index (χ1) is 15.0. The molecule has 166 valence electrons. The first-order valence-corrected chi connectivity index (χ1v) is 11.0. The van der Waals surface area contributed by atoms with Crippen LogP contribution in [0.2, 0.25) is 0 Å². The summed E-state index contributed by atoms with van der Waals surface area (Å²) in [6.07, 6.45) is 3.87. The van der Waals surface area contributed by atoms with Gasteiger partial charge >= 0.3 is 5.97 Å². The number of nitrogens with one attached hydrogen (secondary N) is 2. The van der Waals surface area contributed by atoms with E-state index in [9.17, 15) is 9.59 Å². The normalized spacial score (nSPS) is 10.3. The topological polar surface area (TPSA) is 76.7 Å². The summed E-state index contributed by atoms with van der Waals surface area (Å²) in [6, 6.07) is 14.5. The number of anilines is 1. The summed E-state index contributed by atoms with van der Waals surface area (Å²) < 4.78 is 10.8. The minimum atomic E-state index is -0.341. The van der Waals surface area contributed by atoms with E-state index in [2.05, 4.69) is 17.6 Å². The SMILES string of the molecule is CCCCCOC(=O)c1ccc(NC(=S)NC(=O)CCCOc2ccc(C)cc2)cc1. The Morgan fingerprint density at radius 3 is 2.32 bits per heavy atom. The van der Waals surface area contributed by atoms with Gasteiger partial charge in [0.05, 0.1) is 18.8 Å². The van der Waals surface area contributed by atoms with E-state index in [0.717, 1.165) is 25.0 Å². The van der Waals surface area contributed by atoms with E-state index in [1.54, 1.807) is 24.3 Å². The number of unbranched alkanes of at least 4 members (excludes halogenated alkanes) is 2. The second-order valence-electron chi connectivity index (χ2n) is 7.19. The number of aryl methyl sites for hydroxylation is 1. The van der Waals surface area contributed by atoms with Crippen molar-refractivity contribution >= 4 is 34.9 Å². The zero-order valence-corrected chi connectivity index (χ0v) is 18.9. The first kappa shape index (κ1) is 24.3. The van der Waals surface area contributed by atoms with Crippen molar-refractivity contribution in [3.63, 3.8) is 0 Å². The summed E-state index contributed by atoms with van der Waals surface area (Å²) in [6.45, 7) is 5.00. The number of carbonyl (C=O) groups excluding carboxylic acids is 2. The molecule has 2 aromatic carbocycles. The highest BCUT2D eigenvalue weighted by atomic mass is 32.1. The molecule has 0 bridgehead atoms. The molecule has 0 heterocycles. The molecule has 0 aromatic heterocycles. The van der Waals surface area contributed by atoms with E-state index in [-0.39, 0.29) is 17.0 Å². The Bertz CT molecular complexity index is 851. The number of hydrogen-bond acceptors (Lipinski definition) is 5. The molecule has 0 unspecified atom stereocenters. The van der Waals surface area contributed by atoms with Gasteiger partial charge in [0.1, 0.15) is 5.75 Å². The van der Waals surface area contributed by atoms with Crippen molar-refractivity contribution in [3.05, 3.63) is 59.7 Å². The molecule has 0 spiro atoms. The fourth-order valence-corrected chi connectivity index (χ4v) is 2.93. The Morgan fingerprint density at radius 2 is 1.65 bits per heavy atom. The van der Waals surface area contributed by atoms with Gasteiger partial charge in [-0.1, -0.05) is 37.5 Å². The van der Waals surface area contributed by atoms with Gasteiger partial charge in [0.2, 0.25) is 5.91 Å². The summed E-state index contributed by atoms with van der Waals surface area (Å²) in [7, 11) is 0. The maximum absolute atomic E-state index is 12.0.